The summed E-state index contributed by atoms with van der Waals surface area (Å²) < 4.78 is 0. The molecule has 0 fully saturated rings. The fourth-order valence-electron chi connectivity index (χ4n) is 6.57. The number of aliphatic hydroxyl groups is 1. The number of hydrogen-bond donors (Lipinski definition) is 1. The molecule has 0 heterocycles. The molecule has 0 aliphatic heterocycles. The molecule has 0 saturated carbocycles. The molecule has 0 saturated heterocycles. The lowest BCUT2D eigenvalue weighted by molar-refractivity contribution is 0.117. The van der Waals surface area contributed by atoms with Gasteiger partial charge in [-0.2, -0.15) is 0 Å². The summed E-state index contributed by atoms with van der Waals surface area (Å²) in [5.41, 5.74) is 10.0. The van der Waals surface area contributed by atoms with Crippen LogP contribution in [0.4, 0.5) is 0 Å². The Morgan fingerprint density at radius 1 is 1.02 bits per heavy atom. The maximum atomic E-state index is 10.1. The van der Waals surface area contributed by atoms with Crippen LogP contribution in [-0.4, -0.2) is 11.2 Å². The Bertz CT molecular complexity index is 1160. The van der Waals surface area contributed by atoms with E-state index < -0.39 is 0 Å². The molecule has 1 heteroatoms. The first-order valence-corrected chi connectivity index (χ1v) is 16.1. The molecule has 0 aromatic rings. The van der Waals surface area contributed by atoms with Crippen LogP contribution >= 0.6 is 0 Å². The Hall–Kier alpha value is -2.30. The van der Waals surface area contributed by atoms with Gasteiger partial charge in [0.15, 0.2) is 0 Å². The zero-order valence-electron chi connectivity index (χ0n) is 28.2. The fourth-order valence-corrected chi connectivity index (χ4v) is 6.57. The molecular weight excluding hydrogens is 496 g/mol. The number of aliphatic hydroxyl groups excluding tert-OH is 1. The summed E-state index contributed by atoms with van der Waals surface area (Å²) in [7, 11) is 0. The highest BCUT2D eigenvalue weighted by Gasteiger charge is 2.32. The Morgan fingerprint density at radius 3 is 2.44 bits per heavy atom. The van der Waals surface area contributed by atoms with Gasteiger partial charge in [-0.25, -0.2) is 0 Å². The van der Waals surface area contributed by atoms with Gasteiger partial charge in [0.2, 0.25) is 0 Å². The molecule has 41 heavy (non-hydrogen) atoms. The minimum absolute atomic E-state index is 0.0443. The highest BCUT2D eigenvalue weighted by Crippen LogP contribution is 2.43. The predicted octanol–water partition coefficient (Wildman–Crippen LogP) is 11.6. The van der Waals surface area contributed by atoms with E-state index >= 15 is 0 Å². The van der Waals surface area contributed by atoms with Gasteiger partial charge in [-0.3, -0.25) is 0 Å². The molecule has 2 aliphatic carbocycles. The smallest absolute Gasteiger partial charge is 0.0586 e. The van der Waals surface area contributed by atoms with E-state index in [9.17, 15) is 5.11 Å². The first-order chi connectivity index (χ1) is 19.2. The lowest BCUT2D eigenvalue weighted by Gasteiger charge is -2.34. The maximum absolute atomic E-state index is 10.1. The molecule has 0 amide bonds. The SMILES string of the molecule is CC1=C(C#C/C(C)=C/CCC(C)C/C=C/C=C(C)/C=C/C=C(\C)CCC2=C(C)CCCC2(C)C)C(C)(C)C[C@H](O)C1. The summed E-state index contributed by atoms with van der Waals surface area (Å²) in [4.78, 5) is 0. The third-order valence-corrected chi connectivity index (χ3v) is 9.11. The molecule has 0 bridgehead atoms. The molecule has 0 spiro atoms. The van der Waals surface area contributed by atoms with Crippen molar-refractivity contribution in [2.75, 3.05) is 0 Å². The van der Waals surface area contributed by atoms with Crippen LogP contribution < -0.4 is 0 Å². The van der Waals surface area contributed by atoms with Gasteiger partial charge in [0, 0.05) is 11.0 Å². The molecule has 0 radical (unpaired) electrons. The molecule has 1 unspecified atom stereocenters. The van der Waals surface area contributed by atoms with Crippen molar-refractivity contribution in [2.24, 2.45) is 16.7 Å². The Morgan fingerprint density at radius 2 is 1.76 bits per heavy atom. The average molecular weight is 557 g/mol. The van der Waals surface area contributed by atoms with Crippen LogP contribution in [0.1, 0.15) is 133 Å². The van der Waals surface area contributed by atoms with Crippen LogP contribution in [0.15, 0.2) is 81.5 Å². The van der Waals surface area contributed by atoms with Gasteiger partial charge in [0.25, 0.3) is 0 Å². The lowest BCUT2D eigenvalue weighted by Crippen LogP contribution is -2.28. The molecule has 226 valence electrons. The van der Waals surface area contributed by atoms with E-state index in [-0.39, 0.29) is 11.5 Å². The standard InChI is InChI=1S/C40H60O/c1-30(18-13-20-32(3)23-25-37-34(5)22-15-27-39(37,7)8)16-11-12-17-31(2)19-14-21-33(4)24-26-38-35(6)28-36(41)29-40(38,9)10/h11-13,16,18,20-21,31,36,41H,14-15,17,19,22-23,25,27-29H2,1-10H3/b12-11+,18-13+,30-16+,32-20+,33-21+/t31?,36-/m1/s1. The van der Waals surface area contributed by atoms with Gasteiger partial charge in [0.1, 0.15) is 0 Å². The highest BCUT2D eigenvalue weighted by molar-refractivity contribution is 5.44. The topological polar surface area (TPSA) is 20.2 Å². The van der Waals surface area contributed by atoms with Crippen molar-refractivity contribution < 1.29 is 5.11 Å². The number of hydrogen-bond acceptors (Lipinski definition) is 1. The largest absolute Gasteiger partial charge is 0.393 e. The van der Waals surface area contributed by atoms with Crippen LogP contribution in [0.5, 0.6) is 0 Å². The predicted molar refractivity (Wildman–Crippen MR) is 182 cm³/mol. The molecule has 0 aromatic carbocycles. The van der Waals surface area contributed by atoms with Gasteiger partial charge in [-0.15, -0.1) is 0 Å². The van der Waals surface area contributed by atoms with Crippen molar-refractivity contribution >= 4 is 0 Å². The number of allylic oxidation sites excluding steroid dienone is 13. The van der Waals surface area contributed by atoms with Crippen molar-refractivity contribution in [1.82, 2.24) is 0 Å². The van der Waals surface area contributed by atoms with Crippen LogP contribution in [0.25, 0.3) is 0 Å². The summed E-state index contributed by atoms with van der Waals surface area (Å²) in [5.74, 6) is 7.47. The number of rotatable bonds is 11. The van der Waals surface area contributed by atoms with Crippen LogP contribution in [0.3, 0.4) is 0 Å². The van der Waals surface area contributed by atoms with Crippen molar-refractivity contribution in [2.45, 2.75) is 140 Å². The van der Waals surface area contributed by atoms with Crippen molar-refractivity contribution in [3.8, 4) is 11.8 Å². The highest BCUT2D eigenvalue weighted by atomic mass is 16.3. The van der Waals surface area contributed by atoms with E-state index in [1.807, 2.05) is 0 Å². The molecular formula is C40H60O. The van der Waals surface area contributed by atoms with Gasteiger partial charge in [-0.05, 0) is 116 Å². The summed E-state index contributed by atoms with van der Waals surface area (Å²) in [5, 5.41) is 10.1. The van der Waals surface area contributed by atoms with Crippen molar-refractivity contribution in [3.05, 3.63) is 81.5 Å². The Labute approximate surface area is 254 Å². The van der Waals surface area contributed by atoms with Crippen LogP contribution in [0, 0.1) is 28.6 Å². The zero-order valence-corrected chi connectivity index (χ0v) is 28.2. The van der Waals surface area contributed by atoms with E-state index in [4.69, 9.17) is 0 Å². The normalized spacial score (nSPS) is 22.9. The summed E-state index contributed by atoms with van der Waals surface area (Å²) in [6.45, 7) is 22.6. The van der Waals surface area contributed by atoms with Gasteiger partial charge in [-0.1, -0.05) is 117 Å². The minimum Gasteiger partial charge on any atom is -0.393 e. The molecule has 1 N–H and O–H groups in total. The molecule has 0 aromatic heterocycles. The third-order valence-electron chi connectivity index (χ3n) is 9.11. The monoisotopic (exact) mass is 556 g/mol. The summed E-state index contributed by atoms with van der Waals surface area (Å²) in [6, 6.07) is 0. The molecule has 2 atom stereocenters. The van der Waals surface area contributed by atoms with Gasteiger partial charge >= 0.3 is 0 Å². The quantitative estimate of drug-likeness (QED) is 0.152. The second kappa shape index (κ2) is 16.4. The molecule has 2 aliphatic rings. The minimum atomic E-state index is -0.235. The average Bonchev–Trinajstić information content (AvgIpc) is 2.84. The van der Waals surface area contributed by atoms with Gasteiger partial charge < -0.3 is 5.11 Å². The van der Waals surface area contributed by atoms with E-state index in [2.05, 4.69) is 124 Å². The Balaban J connectivity index is 1.76. The second-order valence-corrected chi connectivity index (χ2v) is 14.4. The first-order valence-electron chi connectivity index (χ1n) is 16.1. The van der Waals surface area contributed by atoms with Crippen molar-refractivity contribution in [1.29, 1.82) is 0 Å². The van der Waals surface area contributed by atoms with Crippen LogP contribution in [-0.2, 0) is 0 Å². The van der Waals surface area contributed by atoms with Crippen LogP contribution in [0.2, 0.25) is 0 Å². The summed E-state index contributed by atoms with van der Waals surface area (Å²) in [6.07, 6.45) is 26.7. The lowest BCUT2D eigenvalue weighted by atomic mass is 9.71. The Kier molecular flexibility index (Phi) is 13.9. The molecule has 1 nitrogen and oxygen atoms in total. The fraction of sp³-hybridized carbons (Fsp3) is 0.600. The summed E-state index contributed by atoms with van der Waals surface area (Å²) >= 11 is 0. The van der Waals surface area contributed by atoms with E-state index in [0.29, 0.717) is 11.3 Å². The van der Waals surface area contributed by atoms with E-state index in [1.54, 1.807) is 11.1 Å². The first kappa shape index (κ1) is 34.9. The van der Waals surface area contributed by atoms with Crippen molar-refractivity contribution in [3.63, 3.8) is 0 Å². The van der Waals surface area contributed by atoms with Gasteiger partial charge in [0.05, 0.1) is 6.10 Å². The van der Waals surface area contributed by atoms with E-state index in [1.165, 1.54) is 54.4 Å². The zero-order chi connectivity index (χ0) is 30.6. The third kappa shape index (κ3) is 12.2. The maximum Gasteiger partial charge on any atom is 0.0586 e. The second-order valence-electron chi connectivity index (χ2n) is 14.4. The van der Waals surface area contributed by atoms with E-state index in [0.717, 1.165) is 37.7 Å². The molecule has 2 rings (SSSR count).